The van der Waals surface area contributed by atoms with Crippen LogP contribution in [-0.4, -0.2) is 38.4 Å². The van der Waals surface area contributed by atoms with E-state index in [0.29, 0.717) is 25.4 Å². The number of carbonyl (C=O) groups is 1. The van der Waals surface area contributed by atoms with Crippen molar-refractivity contribution in [2.45, 2.75) is 31.7 Å². The molecule has 0 radical (unpaired) electrons. The highest BCUT2D eigenvalue weighted by Crippen LogP contribution is 2.27. The molecule has 1 aromatic carbocycles. The van der Waals surface area contributed by atoms with Crippen molar-refractivity contribution in [3.8, 4) is 0 Å². The summed E-state index contributed by atoms with van der Waals surface area (Å²) in [6.45, 7) is 1.24. The van der Waals surface area contributed by atoms with E-state index in [1.165, 1.54) is 16.3 Å². The molecule has 0 N–H and O–H groups in total. The van der Waals surface area contributed by atoms with Crippen LogP contribution in [0, 0.1) is 0 Å². The maximum absolute atomic E-state index is 12.6. The maximum Gasteiger partial charge on any atom is 0.347 e. The number of oxazole rings is 1. The van der Waals surface area contributed by atoms with Gasteiger partial charge in [-0.25, -0.2) is 14.8 Å². The topological polar surface area (TPSA) is 81.2 Å². The highest BCUT2D eigenvalue weighted by molar-refractivity contribution is 5.76. The van der Waals surface area contributed by atoms with Crippen LogP contribution in [-0.2, 0) is 17.8 Å². The van der Waals surface area contributed by atoms with Crippen molar-refractivity contribution in [3.63, 3.8) is 0 Å². The zero-order valence-corrected chi connectivity index (χ0v) is 15.5. The normalized spacial score (nSPS) is 16.9. The number of aromatic nitrogens is 3. The van der Waals surface area contributed by atoms with Crippen molar-refractivity contribution in [2.24, 2.45) is 0 Å². The molecule has 4 rings (SSSR count). The summed E-state index contributed by atoms with van der Waals surface area (Å²) in [4.78, 5) is 34.3. The smallest absolute Gasteiger partial charge is 0.347 e. The summed E-state index contributed by atoms with van der Waals surface area (Å²) in [7, 11) is 0. The van der Waals surface area contributed by atoms with Crippen LogP contribution in [0.1, 0.15) is 36.0 Å². The molecule has 7 heteroatoms. The molecule has 28 heavy (non-hydrogen) atoms. The largest absolute Gasteiger partial charge is 0.445 e. The van der Waals surface area contributed by atoms with Gasteiger partial charge in [0, 0.05) is 31.9 Å². The van der Waals surface area contributed by atoms with Gasteiger partial charge in [-0.05, 0) is 24.5 Å². The monoisotopic (exact) mass is 378 g/mol. The zero-order valence-electron chi connectivity index (χ0n) is 15.5. The van der Waals surface area contributed by atoms with E-state index in [1.807, 2.05) is 18.2 Å². The quantitative estimate of drug-likeness (QED) is 0.680. The highest BCUT2D eigenvalue weighted by atomic mass is 16.4. The van der Waals surface area contributed by atoms with Crippen LogP contribution < -0.4 is 5.69 Å². The van der Waals surface area contributed by atoms with Crippen LogP contribution in [0.2, 0.25) is 0 Å². The lowest BCUT2D eigenvalue weighted by Crippen LogP contribution is -2.42. The molecule has 2 aromatic heterocycles. The second-order valence-electron chi connectivity index (χ2n) is 7.04. The summed E-state index contributed by atoms with van der Waals surface area (Å²) < 4.78 is 7.31. The zero-order chi connectivity index (χ0) is 19.3. The molecule has 1 unspecified atom stereocenters. The number of hydrogen-bond donors (Lipinski definition) is 0. The Bertz CT molecular complexity index is 996. The Morgan fingerprint density at radius 2 is 2.04 bits per heavy atom. The van der Waals surface area contributed by atoms with Gasteiger partial charge in [0.2, 0.25) is 5.91 Å². The van der Waals surface area contributed by atoms with E-state index in [-0.39, 0.29) is 18.4 Å². The predicted molar refractivity (Wildman–Crippen MR) is 103 cm³/mol. The maximum atomic E-state index is 12.6. The molecule has 1 fully saturated rings. The number of likely N-dealkylation sites (tertiary alicyclic amines) is 1. The molecule has 1 aliphatic heterocycles. The third-order valence-corrected chi connectivity index (χ3v) is 5.00. The van der Waals surface area contributed by atoms with Crippen LogP contribution in [0.4, 0.5) is 0 Å². The first-order valence-corrected chi connectivity index (χ1v) is 9.47. The van der Waals surface area contributed by atoms with Crippen molar-refractivity contribution < 1.29 is 9.21 Å². The molecule has 1 atom stereocenters. The molecular weight excluding hydrogens is 356 g/mol. The van der Waals surface area contributed by atoms with Gasteiger partial charge in [0.05, 0.1) is 12.1 Å². The minimum Gasteiger partial charge on any atom is -0.445 e. The van der Waals surface area contributed by atoms with E-state index in [9.17, 15) is 9.59 Å². The van der Waals surface area contributed by atoms with E-state index in [1.54, 1.807) is 23.4 Å². The number of amides is 1. The van der Waals surface area contributed by atoms with Crippen molar-refractivity contribution >= 4 is 5.91 Å². The summed E-state index contributed by atoms with van der Waals surface area (Å²) in [5.41, 5.74) is 0.759. The second-order valence-corrected chi connectivity index (χ2v) is 7.04. The Balaban J connectivity index is 1.40. The Hall–Kier alpha value is -3.22. The average Bonchev–Trinajstić information content (AvgIpc) is 3.19. The van der Waals surface area contributed by atoms with Crippen LogP contribution in [0.3, 0.4) is 0 Å². The summed E-state index contributed by atoms with van der Waals surface area (Å²) in [6.07, 6.45) is 7.30. The molecule has 144 valence electrons. The molecule has 1 amide bonds. The number of piperidine rings is 1. The Morgan fingerprint density at radius 3 is 2.86 bits per heavy atom. The lowest BCUT2D eigenvalue weighted by molar-refractivity contribution is -0.133. The second kappa shape index (κ2) is 8.21. The third-order valence-electron chi connectivity index (χ3n) is 5.00. The van der Waals surface area contributed by atoms with Crippen LogP contribution >= 0.6 is 0 Å². The number of carbonyl (C=O) groups excluding carboxylic acids is 1. The summed E-state index contributed by atoms with van der Waals surface area (Å²) in [6, 6.07) is 11.8. The summed E-state index contributed by atoms with van der Waals surface area (Å²) >= 11 is 0. The predicted octanol–water partition coefficient (Wildman–Crippen LogP) is 2.23. The molecular formula is C21H22N4O3. The van der Waals surface area contributed by atoms with Crippen LogP contribution in [0.5, 0.6) is 0 Å². The molecule has 0 saturated carbocycles. The van der Waals surface area contributed by atoms with Crippen molar-refractivity contribution in [1.29, 1.82) is 0 Å². The lowest BCUT2D eigenvalue weighted by Gasteiger charge is -2.31. The van der Waals surface area contributed by atoms with Gasteiger partial charge in [0.15, 0.2) is 5.89 Å². The van der Waals surface area contributed by atoms with E-state index < -0.39 is 5.69 Å². The lowest BCUT2D eigenvalue weighted by atomic mass is 9.98. The SMILES string of the molecule is O=C(Cn1cccnc1=O)N1CCCC(c2ncc(Cc3ccccc3)o2)C1. The molecule has 1 saturated heterocycles. The van der Waals surface area contributed by atoms with Gasteiger partial charge in [0.25, 0.3) is 0 Å². The standard InChI is InChI=1S/C21H22N4O3/c26-19(15-25-11-5-9-22-21(25)27)24-10-4-8-17(14-24)20-23-13-18(28-20)12-16-6-2-1-3-7-16/h1-3,5-7,9,11,13,17H,4,8,10,12,14-15H2. The van der Waals surface area contributed by atoms with Gasteiger partial charge in [0.1, 0.15) is 12.3 Å². The molecule has 3 heterocycles. The molecule has 7 nitrogen and oxygen atoms in total. The summed E-state index contributed by atoms with van der Waals surface area (Å²) in [5.74, 6) is 1.50. The van der Waals surface area contributed by atoms with Crippen molar-refractivity contribution in [1.82, 2.24) is 19.4 Å². The fourth-order valence-corrected chi connectivity index (χ4v) is 3.55. The van der Waals surface area contributed by atoms with Crippen molar-refractivity contribution in [2.75, 3.05) is 13.1 Å². The number of benzene rings is 1. The Kier molecular flexibility index (Phi) is 5.32. The molecule has 3 aromatic rings. The van der Waals surface area contributed by atoms with E-state index in [0.717, 1.165) is 18.6 Å². The van der Waals surface area contributed by atoms with Gasteiger partial charge in [-0.15, -0.1) is 0 Å². The van der Waals surface area contributed by atoms with E-state index in [2.05, 4.69) is 22.1 Å². The van der Waals surface area contributed by atoms with E-state index in [4.69, 9.17) is 4.42 Å². The first-order chi connectivity index (χ1) is 13.7. The highest BCUT2D eigenvalue weighted by Gasteiger charge is 2.28. The molecule has 0 aliphatic carbocycles. The molecule has 1 aliphatic rings. The summed E-state index contributed by atoms with van der Waals surface area (Å²) in [5, 5.41) is 0. The van der Waals surface area contributed by atoms with E-state index >= 15 is 0 Å². The van der Waals surface area contributed by atoms with Gasteiger partial charge < -0.3 is 9.32 Å². The Morgan fingerprint density at radius 1 is 1.18 bits per heavy atom. The fourth-order valence-electron chi connectivity index (χ4n) is 3.55. The third kappa shape index (κ3) is 4.19. The van der Waals surface area contributed by atoms with Gasteiger partial charge in [-0.2, -0.15) is 0 Å². The number of rotatable bonds is 5. The number of nitrogens with zero attached hydrogens (tertiary/aromatic N) is 4. The van der Waals surface area contributed by atoms with Crippen LogP contribution in [0.15, 0.2) is 64.2 Å². The molecule has 0 spiro atoms. The van der Waals surface area contributed by atoms with Crippen LogP contribution in [0.25, 0.3) is 0 Å². The first kappa shape index (κ1) is 18.2. The fraction of sp³-hybridized carbons (Fsp3) is 0.333. The number of hydrogen-bond acceptors (Lipinski definition) is 5. The Labute approximate surface area is 162 Å². The average molecular weight is 378 g/mol. The van der Waals surface area contributed by atoms with Gasteiger partial charge in [-0.1, -0.05) is 30.3 Å². The molecule has 0 bridgehead atoms. The first-order valence-electron chi connectivity index (χ1n) is 9.47. The van der Waals surface area contributed by atoms with Crippen molar-refractivity contribution in [3.05, 3.63) is 82.7 Å². The van der Waals surface area contributed by atoms with Gasteiger partial charge >= 0.3 is 5.69 Å². The van der Waals surface area contributed by atoms with Gasteiger partial charge in [-0.3, -0.25) is 9.36 Å². The minimum absolute atomic E-state index is 0.00420. The minimum atomic E-state index is -0.414.